The third-order valence-electron chi connectivity index (χ3n) is 6.35. The van der Waals surface area contributed by atoms with Crippen LogP contribution in [0.5, 0.6) is 6.01 Å². The lowest BCUT2D eigenvalue weighted by molar-refractivity contribution is -0.112. The Labute approximate surface area is 212 Å². The lowest BCUT2D eigenvalue weighted by Gasteiger charge is -2.23. The van der Waals surface area contributed by atoms with Crippen LogP contribution in [-0.4, -0.2) is 36.5 Å². The predicted molar refractivity (Wildman–Crippen MR) is 140 cm³/mol. The third kappa shape index (κ3) is 4.77. The van der Waals surface area contributed by atoms with Crippen LogP contribution in [-0.2, 0) is 11.8 Å². The fourth-order valence-electron chi connectivity index (χ4n) is 4.53. The van der Waals surface area contributed by atoms with Crippen LogP contribution < -0.4 is 15.8 Å². The number of nitrogen functional groups attached to an aromatic ring is 1. The predicted octanol–water partition coefficient (Wildman–Crippen LogP) is 4.68. The number of carbonyl (C=O) groups is 1. The number of nitrogens with two attached hydrogens (primary N) is 1. The number of benzene rings is 1. The van der Waals surface area contributed by atoms with Crippen molar-refractivity contribution in [1.29, 1.82) is 0 Å². The van der Waals surface area contributed by atoms with Gasteiger partial charge in [-0.05, 0) is 43.0 Å². The van der Waals surface area contributed by atoms with Crippen molar-refractivity contribution >= 4 is 34.0 Å². The van der Waals surface area contributed by atoms with Gasteiger partial charge in [-0.2, -0.15) is 0 Å². The zero-order valence-corrected chi connectivity index (χ0v) is 20.5. The largest absolute Gasteiger partial charge is 0.460 e. The number of allylic oxidation sites excluding steroid dienone is 1. The molecule has 1 amide bonds. The summed E-state index contributed by atoms with van der Waals surface area (Å²) in [5, 5.41) is 3.63. The number of aromatic nitrogens is 5. The van der Waals surface area contributed by atoms with E-state index < -0.39 is 5.82 Å². The van der Waals surface area contributed by atoms with E-state index in [1.807, 2.05) is 35.9 Å². The molecular formula is C27H26FN7O2. The summed E-state index contributed by atoms with van der Waals surface area (Å²) in [7, 11) is 1.95. The molecule has 1 aliphatic rings. The molecule has 1 aliphatic carbocycles. The summed E-state index contributed by atoms with van der Waals surface area (Å²) in [6.07, 6.45) is 7.72. The number of fused-ring (bicyclic) bond motifs is 1. The van der Waals surface area contributed by atoms with Gasteiger partial charge in [0.1, 0.15) is 23.9 Å². The zero-order valence-electron chi connectivity index (χ0n) is 20.5. The summed E-state index contributed by atoms with van der Waals surface area (Å²) in [4.78, 5) is 28.6. The lowest BCUT2D eigenvalue weighted by atomic mass is 9.89. The average Bonchev–Trinajstić information content (AvgIpc) is 3.20. The molecule has 0 bridgehead atoms. The molecule has 0 spiro atoms. The van der Waals surface area contributed by atoms with Gasteiger partial charge in [-0.15, -0.1) is 0 Å². The summed E-state index contributed by atoms with van der Waals surface area (Å²) in [5.74, 6) is -0.324. The van der Waals surface area contributed by atoms with Gasteiger partial charge in [-0.3, -0.25) is 4.79 Å². The van der Waals surface area contributed by atoms with Gasteiger partial charge >= 0.3 is 6.01 Å². The quantitative estimate of drug-likeness (QED) is 0.370. The van der Waals surface area contributed by atoms with E-state index in [0.29, 0.717) is 23.5 Å². The van der Waals surface area contributed by atoms with Gasteiger partial charge in [-0.25, -0.2) is 24.3 Å². The van der Waals surface area contributed by atoms with E-state index in [1.54, 1.807) is 6.92 Å². The van der Waals surface area contributed by atoms with E-state index in [9.17, 15) is 9.18 Å². The van der Waals surface area contributed by atoms with E-state index in [-0.39, 0.29) is 18.0 Å². The maximum absolute atomic E-state index is 13.1. The Balaban J connectivity index is 1.50. The van der Waals surface area contributed by atoms with Crippen LogP contribution in [0.4, 0.5) is 15.9 Å². The van der Waals surface area contributed by atoms with Gasteiger partial charge in [0.2, 0.25) is 0 Å². The number of anilines is 2. The fourth-order valence-corrected chi connectivity index (χ4v) is 4.53. The molecule has 1 aromatic carbocycles. The lowest BCUT2D eigenvalue weighted by Crippen LogP contribution is -2.20. The molecule has 37 heavy (non-hydrogen) atoms. The second kappa shape index (κ2) is 9.81. The van der Waals surface area contributed by atoms with Gasteiger partial charge in [0.15, 0.2) is 5.82 Å². The Hall–Kier alpha value is -4.60. The molecule has 4 aromatic rings. The second-order valence-electron chi connectivity index (χ2n) is 8.98. The molecule has 0 aliphatic heterocycles. The van der Waals surface area contributed by atoms with Crippen molar-refractivity contribution in [3.63, 3.8) is 0 Å². The highest BCUT2D eigenvalue weighted by Gasteiger charge is 2.26. The minimum atomic E-state index is -0.507. The Morgan fingerprint density at radius 3 is 2.57 bits per heavy atom. The first-order chi connectivity index (χ1) is 17.8. The molecule has 5 rings (SSSR count). The summed E-state index contributed by atoms with van der Waals surface area (Å²) >= 11 is 0. The van der Waals surface area contributed by atoms with Crippen LogP contribution in [0.15, 0.2) is 61.2 Å². The van der Waals surface area contributed by atoms with Crippen molar-refractivity contribution in [2.75, 3.05) is 11.1 Å². The number of hydrogen-bond acceptors (Lipinski definition) is 7. The Morgan fingerprint density at radius 2 is 1.92 bits per heavy atom. The molecule has 0 saturated carbocycles. The molecule has 9 nitrogen and oxygen atoms in total. The number of halogens is 1. The standard InChI is InChI=1S/C27H26FN7O2/c1-15(2)26(36)34-19-8-4-17(5-9-19)23-21(22-24(29)32-14-33-25(22)35(23)3)16-6-10-20(11-7-16)37-27-30-12-18(28)13-31-27/h4-6,8-9,12-14,20H,1,7,10-11H2,2-3H3,(H,34,36)(H2,29,32,33). The Kier molecular flexibility index (Phi) is 6.39. The van der Waals surface area contributed by atoms with E-state index in [4.69, 9.17) is 10.5 Å². The number of aryl methyl sites for hydroxylation is 1. The van der Waals surface area contributed by atoms with Crippen molar-refractivity contribution in [2.24, 2.45) is 7.05 Å². The van der Waals surface area contributed by atoms with Gasteiger partial charge < -0.3 is 20.4 Å². The van der Waals surface area contributed by atoms with Gasteiger partial charge in [0.25, 0.3) is 5.91 Å². The highest BCUT2D eigenvalue weighted by molar-refractivity contribution is 6.05. The number of hydrogen-bond donors (Lipinski definition) is 2. The molecule has 10 heteroatoms. The molecule has 0 fully saturated rings. The molecule has 3 N–H and O–H groups in total. The second-order valence-corrected chi connectivity index (χ2v) is 8.98. The van der Waals surface area contributed by atoms with E-state index >= 15 is 0 Å². The van der Waals surface area contributed by atoms with Gasteiger partial charge in [0.05, 0.1) is 23.5 Å². The first-order valence-corrected chi connectivity index (χ1v) is 11.8. The average molecular weight is 500 g/mol. The van der Waals surface area contributed by atoms with E-state index in [2.05, 4.69) is 37.9 Å². The van der Waals surface area contributed by atoms with Crippen molar-refractivity contribution in [2.45, 2.75) is 32.3 Å². The van der Waals surface area contributed by atoms with Crippen LogP contribution in [0.2, 0.25) is 0 Å². The van der Waals surface area contributed by atoms with Crippen molar-refractivity contribution < 1.29 is 13.9 Å². The van der Waals surface area contributed by atoms with Crippen LogP contribution in [0.25, 0.3) is 27.9 Å². The van der Waals surface area contributed by atoms with Crippen LogP contribution in [0.1, 0.15) is 31.7 Å². The molecule has 1 atom stereocenters. The highest BCUT2D eigenvalue weighted by atomic mass is 19.1. The minimum absolute atomic E-state index is 0.127. The number of nitrogens with zero attached hydrogens (tertiary/aromatic N) is 5. The smallest absolute Gasteiger partial charge is 0.316 e. The maximum Gasteiger partial charge on any atom is 0.316 e. The van der Waals surface area contributed by atoms with E-state index in [1.165, 1.54) is 6.33 Å². The molecule has 3 aromatic heterocycles. The van der Waals surface area contributed by atoms with Gasteiger partial charge in [-0.1, -0.05) is 24.8 Å². The molecule has 0 saturated heterocycles. The number of rotatable bonds is 6. The number of nitrogens with one attached hydrogen (secondary N) is 1. The van der Waals surface area contributed by atoms with Crippen LogP contribution in [0.3, 0.4) is 0 Å². The van der Waals surface area contributed by atoms with E-state index in [0.717, 1.165) is 58.7 Å². The monoisotopic (exact) mass is 499 g/mol. The normalized spacial score (nSPS) is 15.3. The van der Waals surface area contributed by atoms with Gasteiger partial charge in [0, 0.05) is 30.3 Å². The highest BCUT2D eigenvalue weighted by Crippen LogP contribution is 2.42. The summed E-state index contributed by atoms with van der Waals surface area (Å²) in [6, 6.07) is 7.78. The summed E-state index contributed by atoms with van der Waals surface area (Å²) in [5.41, 5.74) is 12.2. The number of carbonyl (C=O) groups excluding carboxylic acids is 1. The molecule has 188 valence electrons. The number of amides is 1. The fraction of sp³-hybridized carbons (Fsp3) is 0.222. The van der Waals surface area contributed by atoms with Crippen molar-refractivity contribution in [3.8, 4) is 17.3 Å². The minimum Gasteiger partial charge on any atom is -0.460 e. The topological polar surface area (TPSA) is 121 Å². The molecule has 1 unspecified atom stereocenters. The van der Waals surface area contributed by atoms with Crippen molar-refractivity contribution in [1.82, 2.24) is 24.5 Å². The van der Waals surface area contributed by atoms with Crippen molar-refractivity contribution in [3.05, 3.63) is 72.6 Å². The first kappa shape index (κ1) is 24.1. The molecular weight excluding hydrogens is 473 g/mol. The summed E-state index contributed by atoms with van der Waals surface area (Å²) < 4.78 is 21.0. The Bertz CT molecular complexity index is 1530. The first-order valence-electron chi connectivity index (χ1n) is 11.8. The maximum atomic E-state index is 13.1. The number of ether oxygens (including phenoxy) is 1. The zero-order chi connectivity index (χ0) is 26.1. The molecule has 3 heterocycles. The Morgan fingerprint density at radius 1 is 1.19 bits per heavy atom. The summed E-state index contributed by atoms with van der Waals surface area (Å²) in [6.45, 7) is 5.34. The van der Waals surface area contributed by atoms with Crippen LogP contribution >= 0.6 is 0 Å². The third-order valence-corrected chi connectivity index (χ3v) is 6.35. The SMILES string of the molecule is C=C(C)C(=O)Nc1ccc(-c2c(C3=CCC(Oc4ncc(F)cn4)CC3)c3c(N)ncnc3n2C)cc1. The van der Waals surface area contributed by atoms with Crippen LogP contribution in [0, 0.1) is 5.82 Å². The molecule has 0 radical (unpaired) electrons.